The normalized spacial score (nSPS) is 23.3. The van der Waals surface area contributed by atoms with Crippen LogP contribution in [0, 0.1) is 0 Å². The van der Waals surface area contributed by atoms with Crippen LogP contribution in [-0.4, -0.2) is 89.7 Å². The third-order valence-corrected chi connectivity index (χ3v) is 7.79. The number of ether oxygens (including phenoxy) is 3. The number of alkyl halides is 2. The summed E-state index contributed by atoms with van der Waals surface area (Å²) in [6.07, 6.45) is 1.04. The molecule has 0 bridgehead atoms. The van der Waals surface area contributed by atoms with Crippen LogP contribution >= 0.6 is 0 Å². The lowest BCUT2D eigenvalue weighted by atomic mass is 9.93. The van der Waals surface area contributed by atoms with Crippen molar-refractivity contribution in [2.45, 2.75) is 56.7 Å². The first-order valence-electron chi connectivity index (χ1n) is 14.3. The number of rotatable bonds is 9. The first-order valence-corrected chi connectivity index (χ1v) is 14.3. The zero-order chi connectivity index (χ0) is 28.2. The van der Waals surface area contributed by atoms with Gasteiger partial charge in [-0.25, -0.2) is 13.8 Å². The van der Waals surface area contributed by atoms with Gasteiger partial charge in [-0.3, -0.25) is 9.36 Å². The minimum absolute atomic E-state index is 0.0146. The van der Waals surface area contributed by atoms with Crippen molar-refractivity contribution in [1.82, 2.24) is 30.2 Å². The van der Waals surface area contributed by atoms with Crippen LogP contribution in [-0.2, 0) is 14.3 Å². The Hall–Kier alpha value is -3.42. The number of benzene rings is 1. The average Bonchev–Trinajstić information content (AvgIpc) is 3.66. The van der Waals surface area contributed by atoms with Gasteiger partial charge in [-0.2, -0.15) is 9.97 Å². The van der Waals surface area contributed by atoms with E-state index in [-0.39, 0.29) is 42.3 Å². The highest BCUT2D eigenvalue weighted by molar-refractivity contribution is 5.78. The number of hydrogen-bond acceptors (Lipinski definition) is 9. The number of morpholine rings is 1. The number of carbonyl (C=O) groups excluding carboxylic acids is 1. The molecule has 11 nitrogen and oxygen atoms in total. The van der Waals surface area contributed by atoms with Crippen molar-refractivity contribution in [2.75, 3.05) is 51.0 Å². The molecule has 6 rings (SSSR count). The van der Waals surface area contributed by atoms with Gasteiger partial charge in [0.05, 0.1) is 37.4 Å². The maximum absolute atomic E-state index is 14.1. The van der Waals surface area contributed by atoms with Crippen molar-refractivity contribution in [1.29, 1.82) is 0 Å². The molecule has 220 valence electrons. The van der Waals surface area contributed by atoms with Crippen molar-refractivity contribution < 1.29 is 27.8 Å². The summed E-state index contributed by atoms with van der Waals surface area (Å²) in [4.78, 5) is 27.9. The lowest BCUT2D eigenvalue weighted by Crippen LogP contribution is -2.45. The third-order valence-electron chi connectivity index (χ3n) is 7.79. The van der Waals surface area contributed by atoms with E-state index in [4.69, 9.17) is 14.2 Å². The van der Waals surface area contributed by atoms with Crippen LogP contribution in [0.1, 0.15) is 44.4 Å². The first kappa shape index (κ1) is 27.7. The molecule has 1 atom stereocenters. The van der Waals surface area contributed by atoms with E-state index in [0.29, 0.717) is 55.8 Å². The predicted molar refractivity (Wildman–Crippen MR) is 147 cm³/mol. The quantitative estimate of drug-likeness (QED) is 0.400. The molecule has 41 heavy (non-hydrogen) atoms. The summed E-state index contributed by atoms with van der Waals surface area (Å²) in [5.41, 5.74) is 0.996. The Bertz CT molecular complexity index is 1340. The first-order chi connectivity index (χ1) is 20.0. The fourth-order valence-corrected chi connectivity index (χ4v) is 5.62. The number of carbonyl (C=O) groups is 1. The molecule has 2 aromatic heterocycles. The maximum atomic E-state index is 14.1. The Labute approximate surface area is 236 Å². The Morgan fingerprint density at radius 1 is 1.00 bits per heavy atom. The highest BCUT2D eigenvalue weighted by Gasteiger charge is 2.27. The molecule has 4 heterocycles. The molecule has 3 fully saturated rings. The summed E-state index contributed by atoms with van der Waals surface area (Å²) in [5, 5.41) is 6.36. The number of hydrogen-bond donors (Lipinski definition) is 2. The molecule has 3 aliphatic rings. The fraction of sp³-hybridized carbons (Fsp3) is 0.571. The van der Waals surface area contributed by atoms with Crippen molar-refractivity contribution in [3.8, 4) is 11.7 Å². The molecule has 2 N–H and O–H groups in total. The number of aromatic nitrogens is 4. The fourth-order valence-electron chi connectivity index (χ4n) is 5.62. The van der Waals surface area contributed by atoms with Crippen LogP contribution in [0.5, 0.6) is 5.88 Å². The Morgan fingerprint density at radius 3 is 2.56 bits per heavy atom. The molecule has 13 heteroatoms. The van der Waals surface area contributed by atoms with Gasteiger partial charge in [0, 0.05) is 37.8 Å². The second kappa shape index (κ2) is 12.6. The van der Waals surface area contributed by atoms with Gasteiger partial charge < -0.3 is 29.7 Å². The van der Waals surface area contributed by atoms with Crippen LogP contribution in [0.4, 0.5) is 14.7 Å². The minimum atomic E-state index is -2.79. The Morgan fingerprint density at radius 2 is 1.80 bits per heavy atom. The second-order valence-electron chi connectivity index (χ2n) is 10.7. The van der Waals surface area contributed by atoms with Crippen LogP contribution in [0.25, 0.3) is 16.9 Å². The SMILES string of the molecule is O=C(CN[C@@H]1CCOC1)N[C@H]1CC[C@H](Oc2cc(-n3c(C(F)F)nc4ccccc43)nc(N3CCOCC3)n2)CC1. The van der Waals surface area contributed by atoms with E-state index in [1.54, 1.807) is 30.3 Å². The topological polar surface area (TPSA) is 116 Å². The zero-order valence-electron chi connectivity index (χ0n) is 22.8. The standard InChI is InChI=1S/C28H35F2N7O4/c29-26(30)27-33-21-3-1-2-4-22(21)37(27)23-15-25(35-28(34-23)36-10-13-39-14-11-36)41-20-7-5-18(6-8-20)32-24(38)16-31-19-9-12-40-17-19/h1-4,15,18-20,26,31H,5-14,16-17H2,(H,32,38)/t18-,19-,20-/m1/s1. The van der Waals surface area contributed by atoms with Gasteiger partial charge in [0.1, 0.15) is 11.9 Å². The van der Waals surface area contributed by atoms with E-state index in [1.165, 1.54) is 4.57 Å². The van der Waals surface area contributed by atoms with E-state index in [9.17, 15) is 13.6 Å². The number of imidazole rings is 1. The number of nitrogens with zero attached hydrogens (tertiary/aromatic N) is 5. The number of anilines is 1. The molecule has 1 saturated carbocycles. The largest absolute Gasteiger partial charge is 0.474 e. The van der Waals surface area contributed by atoms with Gasteiger partial charge in [-0.05, 0) is 44.2 Å². The predicted octanol–water partition coefficient (Wildman–Crippen LogP) is 2.77. The minimum Gasteiger partial charge on any atom is -0.474 e. The number of halogens is 2. The maximum Gasteiger partial charge on any atom is 0.296 e. The summed E-state index contributed by atoms with van der Waals surface area (Å²) < 4.78 is 46.8. The summed E-state index contributed by atoms with van der Waals surface area (Å²) in [5.74, 6) is 0.612. The summed E-state index contributed by atoms with van der Waals surface area (Å²) >= 11 is 0. The summed E-state index contributed by atoms with van der Waals surface area (Å²) in [6.45, 7) is 3.89. The van der Waals surface area contributed by atoms with Crippen LogP contribution in [0.3, 0.4) is 0 Å². The molecule has 0 spiro atoms. The monoisotopic (exact) mass is 571 g/mol. The van der Waals surface area contributed by atoms with Crippen molar-refractivity contribution >= 4 is 22.9 Å². The lowest BCUT2D eigenvalue weighted by molar-refractivity contribution is -0.121. The lowest BCUT2D eigenvalue weighted by Gasteiger charge is -2.30. The van der Waals surface area contributed by atoms with Crippen molar-refractivity contribution in [3.63, 3.8) is 0 Å². The highest BCUT2D eigenvalue weighted by Crippen LogP contribution is 2.31. The number of fused-ring (bicyclic) bond motifs is 1. The number of nitrogens with one attached hydrogen (secondary N) is 2. The van der Waals surface area contributed by atoms with Crippen LogP contribution < -0.4 is 20.3 Å². The molecule has 2 saturated heterocycles. The highest BCUT2D eigenvalue weighted by atomic mass is 19.3. The third kappa shape index (κ3) is 6.57. The summed E-state index contributed by atoms with van der Waals surface area (Å²) in [6, 6.07) is 8.93. The van der Waals surface area contributed by atoms with Gasteiger partial charge in [0.25, 0.3) is 6.43 Å². The van der Waals surface area contributed by atoms with Crippen LogP contribution in [0.2, 0.25) is 0 Å². The van der Waals surface area contributed by atoms with E-state index < -0.39 is 6.43 Å². The van der Waals surface area contributed by atoms with Crippen molar-refractivity contribution in [3.05, 3.63) is 36.2 Å². The van der Waals surface area contributed by atoms with Gasteiger partial charge >= 0.3 is 0 Å². The number of amides is 1. The van der Waals surface area contributed by atoms with E-state index >= 15 is 0 Å². The molecule has 0 unspecified atom stereocenters. The van der Waals surface area contributed by atoms with Gasteiger partial charge in [-0.15, -0.1) is 0 Å². The van der Waals surface area contributed by atoms with Crippen molar-refractivity contribution in [2.24, 2.45) is 0 Å². The van der Waals surface area contributed by atoms with Gasteiger partial charge in [-0.1, -0.05) is 12.1 Å². The summed E-state index contributed by atoms with van der Waals surface area (Å²) in [7, 11) is 0. The van der Waals surface area contributed by atoms with Gasteiger partial charge in [0.2, 0.25) is 17.7 Å². The Balaban J connectivity index is 1.17. The molecule has 2 aliphatic heterocycles. The number of para-hydroxylation sites is 2. The Kier molecular flexibility index (Phi) is 8.54. The van der Waals surface area contributed by atoms with Crippen LogP contribution in [0.15, 0.2) is 30.3 Å². The molecule has 3 aromatic rings. The smallest absolute Gasteiger partial charge is 0.296 e. The van der Waals surface area contributed by atoms with E-state index in [0.717, 1.165) is 38.7 Å². The molecule has 1 amide bonds. The molecule has 1 aromatic carbocycles. The second-order valence-corrected chi connectivity index (χ2v) is 10.7. The molecular weight excluding hydrogens is 536 g/mol. The van der Waals surface area contributed by atoms with E-state index in [2.05, 4.69) is 25.6 Å². The molecule has 0 radical (unpaired) electrons. The zero-order valence-corrected chi connectivity index (χ0v) is 22.8. The molecule has 1 aliphatic carbocycles. The molecular formula is C28H35F2N7O4. The van der Waals surface area contributed by atoms with E-state index in [1.807, 2.05) is 4.90 Å². The average molecular weight is 572 g/mol. The van der Waals surface area contributed by atoms with Gasteiger partial charge in [0.15, 0.2) is 5.82 Å².